The topological polar surface area (TPSA) is 176 Å². The van der Waals surface area contributed by atoms with Crippen LogP contribution in [0.15, 0.2) is 91.5 Å². The fourth-order valence-corrected chi connectivity index (χ4v) is 6.11. The Morgan fingerprint density at radius 1 is 0.933 bits per heavy atom. The van der Waals surface area contributed by atoms with Gasteiger partial charge in [-0.2, -0.15) is 0 Å². The van der Waals surface area contributed by atoms with Gasteiger partial charge in [0.2, 0.25) is 0 Å². The van der Waals surface area contributed by atoms with E-state index in [0.29, 0.717) is 22.7 Å². The molecule has 13 nitrogen and oxygen atoms in total. The molecular weight excluding hydrogens is 601 g/mol. The molecule has 3 heterocycles. The molecule has 2 aromatic heterocycles. The molecule has 5 aromatic rings. The Balaban J connectivity index is 1.43. The van der Waals surface area contributed by atoms with E-state index in [2.05, 4.69) is 15.0 Å². The molecule has 0 aliphatic carbocycles. The number of hydrogen-bond acceptors (Lipinski definition) is 12. The van der Waals surface area contributed by atoms with Crippen LogP contribution in [0.5, 0.6) is 11.5 Å². The number of nitrogens with two attached hydrogens (primary N) is 1. The Bertz CT molecular complexity index is 1720. The molecule has 0 saturated carbocycles. The molecule has 1 saturated heterocycles. The van der Waals surface area contributed by atoms with Crippen molar-refractivity contribution in [2.75, 3.05) is 26.6 Å². The summed E-state index contributed by atoms with van der Waals surface area (Å²) in [5.74, 6) is 1.46. The largest absolute Gasteiger partial charge is 0.566 e. The van der Waals surface area contributed by atoms with Gasteiger partial charge in [-0.05, 0) is 45.5 Å². The van der Waals surface area contributed by atoms with Crippen LogP contribution < -0.4 is 20.1 Å². The third kappa shape index (κ3) is 5.73. The lowest BCUT2D eigenvalue weighted by Gasteiger charge is -2.37. The number of aromatic nitrogens is 4. The van der Waals surface area contributed by atoms with Gasteiger partial charge in [-0.15, -0.1) is 4.52 Å². The summed E-state index contributed by atoms with van der Waals surface area (Å²) < 4.78 is 42.5. The smallest absolute Gasteiger partial charge is 0.488 e. The summed E-state index contributed by atoms with van der Waals surface area (Å²) in [7, 11) is -0.183. The molecule has 45 heavy (non-hydrogen) atoms. The van der Waals surface area contributed by atoms with Gasteiger partial charge in [-0.3, -0.25) is 4.57 Å². The Kier molecular flexibility index (Phi) is 8.72. The minimum absolute atomic E-state index is 0.146. The van der Waals surface area contributed by atoms with E-state index in [1.54, 1.807) is 14.2 Å². The Hall–Kier alpha value is -4.49. The first-order valence-electron chi connectivity index (χ1n) is 13.9. The van der Waals surface area contributed by atoms with E-state index in [1.165, 1.54) is 17.2 Å². The van der Waals surface area contributed by atoms with Crippen molar-refractivity contribution in [1.82, 2.24) is 19.5 Å². The lowest BCUT2D eigenvalue weighted by Crippen LogP contribution is -2.40. The summed E-state index contributed by atoms with van der Waals surface area (Å²) in [6.07, 6.45) is -2.26. The number of aliphatic hydroxyl groups excluding tert-OH is 1. The number of ether oxygens (including phenoxy) is 4. The monoisotopic (exact) mass is 631 g/mol. The number of fused-ring (bicyclic) bond motifs is 1. The predicted molar refractivity (Wildman–Crippen MR) is 160 cm³/mol. The first-order valence-corrected chi connectivity index (χ1v) is 15.0. The number of nitrogens with zero attached hydrogens (tertiary/aromatic N) is 4. The average molecular weight is 632 g/mol. The molecular formula is C31H30N5O8P. The highest BCUT2D eigenvalue weighted by Gasteiger charge is 2.51. The summed E-state index contributed by atoms with van der Waals surface area (Å²) >= 11 is 0. The fourth-order valence-electron chi connectivity index (χ4n) is 5.65. The molecule has 5 atom stereocenters. The van der Waals surface area contributed by atoms with Crippen molar-refractivity contribution in [1.29, 1.82) is 0 Å². The standard InChI is InChI=1S/C31H30N5O8P/c1-40-22-12-8-20(9-13-22)31(19-6-4-3-5-7-19,21-10-14-23(41-2)15-11-21)42-16-24-27(44-45(38)39)26(37)30(43-24)36-18-35-25-28(32)33-17-34-29(25)36/h3-15,17-18,24,26-27,30,37H,16H2,1-2H3,(H2,32,33,34)/t24-,26-,27-,30-/m1/s1. The van der Waals surface area contributed by atoms with E-state index < -0.39 is 38.4 Å². The van der Waals surface area contributed by atoms with Crippen LogP contribution in [-0.4, -0.2) is 63.8 Å². The zero-order chi connectivity index (χ0) is 31.6. The second kappa shape index (κ2) is 12.9. The van der Waals surface area contributed by atoms with Crippen LogP contribution in [0.25, 0.3) is 11.2 Å². The molecule has 1 unspecified atom stereocenters. The van der Waals surface area contributed by atoms with Crippen LogP contribution in [0.3, 0.4) is 0 Å². The zero-order valence-electron chi connectivity index (χ0n) is 24.3. The van der Waals surface area contributed by atoms with Crippen LogP contribution in [-0.2, 0) is 24.2 Å². The van der Waals surface area contributed by atoms with Gasteiger partial charge >= 0.3 is 8.25 Å². The molecule has 0 bridgehead atoms. The van der Waals surface area contributed by atoms with E-state index in [1.807, 2.05) is 78.9 Å². The molecule has 0 amide bonds. The van der Waals surface area contributed by atoms with E-state index in [4.69, 9.17) is 29.2 Å². The highest BCUT2D eigenvalue weighted by molar-refractivity contribution is 7.30. The number of benzene rings is 3. The molecule has 1 aliphatic heterocycles. The van der Waals surface area contributed by atoms with Crippen LogP contribution in [0.1, 0.15) is 22.9 Å². The molecule has 0 radical (unpaired) electrons. The number of nitrogen functional groups attached to an aromatic ring is 1. The number of imidazole rings is 1. The number of aliphatic hydroxyl groups is 1. The summed E-state index contributed by atoms with van der Waals surface area (Å²) in [5.41, 5.74) is 7.64. The van der Waals surface area contributed by atoms with Gasteiger partial charge in [0, 0.05) is 0 Å². The van der Waals surface area contributed by atoms with Crippen LogP contribution >= 0.6 is 8.25 Å². The van der Waals surface area contributed by atoms with Crippen LogP contribution in [0.4, 0.5) is 5.82 Å². The quantitative estimate of drug-likeness (QED) is 0.161. The van der Waals surface area contributed by atoms with Crippen molar-refractivity contribution >= 4 is 25.2 Å². The first kappa shape index (κ1) is 30.5. The number of rotatable bonds is 11. The lowest BCUT2D eigenvalue weighted by atomic mass is 9.80. The Labute approximate surface area is 259 Å². The van der Waals surface area contributed by atoms with Crippen LogP contribution in [0, 0.1) is 0 Å². The van der Waals surface area contributed by atoms with Crippen molar-refractivity contribution in [2.24, 2.45) is 0 Å². The van der Waals surface area contributed by atoms with Gasteiger partial charge in [0.05, 0.1) is 27.2 Å². The number of methoxy groups -OCH3 is 2. The van der Waals surface area contributed by atoms with E-state index in [-0.39, 0.29) is 12.4 Å². The van der Waals surface area contributed by atoms with Gasteiger partial charge in [-0.25, -0.2) is 15.0 Å². The van der Waals surface area contributed by atoms with E-state index in [9.17, 15) is 14.6 Å². The predicted octanol–water partition coefficient (Wildman–Crippen LogP) is 3.10. The second-order valence-electron chi connectivity index (χ2n) is 10.2. The fraction of sp³-hybridized carbons (Fsp3) is 0.258. The highest BCUT2D eigenvalue weighted by Crippen LogP contribution is 2.44. The van der Waals surface area contributed by atoms with Gasteiger partial charge in [0.15, 0.2) is 23.8 Å². The van der Waals surface area contributed by atoms with Crippen molar-refractivity contribution in [2.45, 2.75) is 30.1 Å². The molecule has 0 spiro atoms. The first-order chi connectivity index (χ1) is 21.8. The maximum Gasteiger partial charge on any atom is 0.488 e. The van der Waals surface area contributed by atoms with Crippen LogP contribution in [0.2, 0.25) is 0 Å². The maximum atomic E-state index is 11.8. The third-order valence-corrected chi connectivity index (χ3v) is 8.23. The Morgan fingerprint density at radius 3 is 2.11 bits per heavy atom. The van der Waals surface area contributed by atoms with Gasteiger partial charge in [0.25, 0.3) is 0 Å². The summed E-state index contributed by atoms with van der Waals surface area (Å²) in [6, 6.07) is 24.5. The number of hydrogen-bond donors (Lipinski definition) is 2. The minimum atomic E-state index is -3.36. The molecule has 6 rings (SSSR count). The molecule has 1 aliphatic rings. The lowest BCUT2D eigenvalue weighted by molar-refractivity contribution is -0.194. The van der Waals surface area contributed by atoms with Crippen molar-refractivity contribution in [3.05, 3.63) is 108 Å². The summed E-state index contributed by atoms with van der Waals surface area (Å²) in [6.45, 7) is -0.196. The molecule has 1 fully saturated rings. The van der Waals surface area contributed by atoms with Crippen molar-refractivity contribution < 1.29 is 38.0 Å². The summed E-state index contributed by atoms with van der Waals surface area (Å²) in [5, 5.41) is 11.3. The van der Waals surface area contributed by atoms with Crippen molar-refractivity contribution in [3.8, 4) is 11.5 Å². The van der Waals surface area contributed by atoms with E-state index >= 15 is 0 Å². The zero-order valence-corrected chi connectivity index (χ0v) is 25.2. The Morgan fingerprint density at radius 2 is 1.53 bits per heavy atom. The SMILES string of the molecule is COc1ccc(C(OC[C@H]2O[C@@H](n3cnc4c(N)ncnc43)[C@H](O)[C@@H]2O[P+](=O)[O-])(c2ccccc2)c2ccc(OC)cc2)cc1. The normalized spacial score (nSPS) is 20.3. The van der Waals surface area contributed by atoms with E-state index in [0.717, 1.165) is 16.7 Å². The number of anilines is 1. The summed E-state index contributed by atoms with van der Waals surface area (Å²) in [4.78, 5) is 24.2. The molecule has 3 N–H and O–H groups in total. The average Bonchev–Trinajstić information content (AvgIpc) is 3.63. The minimum Gasteiger partial charge on any atom is -0.566 e. The second-order valence-corrected chi connectivity index (χ2v) is 10.9. The van der Waals surface area contributed by atoms with Gasteiger partial charge in [0.1, 0.15) is 41.2 Å². The van der Waals surface area contributed by atoms with Crippen molar-refractivity contribution in [3.63, 3.8) is 0 Å². The third-order valence-electron chi connectivity index (χ3n) is 7.82. The molecule has 14 heteroatoms. The molecule has 232 valence electrons. The maximum absolute atomic E-state index is 11.8. The highest BCUT2D eigenvalue weighted by atomic mass is 31.1. The van der Waals surface area contributed by atoms with Gasteiger partial charge in [-0.1, -0.05) is 54.6 Å². The molecule has 3 aromatic carbocycles. The van der Waals surface area contributed by atoms with Gasteiger partial charge < -0.3 is 34.7 Å².